The van der Waals surface area contributed by atoms with Gasteiger partial charge in [-0.25, -0.2) is 9.69 Å². The van der Waals surface area contributed by atoms with E-state index in [1.807, 2.05) is 6.92 Å². The summed E-state index contributed by atoms with van der Waals surface area (Å²) in [7, 11) is 0. The SMILES string of the molecule is C[C@@H](CC(=O)N1CCOC1=O)CC(=O)n1cccc1. The summed E-state index contributed by atoms with van der Waals surface area (Å²) in [6.07, 6.45) is 3.20. The van der Waals surface area contributed by atoms with Crippen LogP contribution in [0.1, 0.15) is 24.6 Å². The van der Waals surface area contributed by atoms with Gasteiger partial charge >= 0.3 is 6.09 Å². The predicted molar refractivity (Wildman–Crippen MR) is 66.5 cm³/mol. The van der Waals surface area contributed by atoms with Crippen molar-refractivity contribution in [1.82, 2.24) is 9.47 Å². The highest BCUT2D eigenvalue weighted by molar-refractivity contribution is 5.93. The van der Waals surface area contributed by atoms with Crippen molar-refractivity contribution in [2.75, 3.05) is 13.2 Å². The zero-order chi connectivity index (χ0) is 13.8. The van der Waals surface area contributed by atoms with Crippen molar-refractivity contribution in [3.63, 3.8) is 0 Å². The quantitative estimate of drug-likeness (QED) is 0.826. The number of amides is 2. The van der Waals surface area contributed by atoms with Crippen molar-refractivity contribution in [3.05, 3.63) is 24.5 Å². The molecule has 0 saturated carbocycles. The highest BCUT2D eigenvalue weighted by atomic mass is 16.6. The topological polar surface area (TPSA) is 68.6 Å². The molecule has 1 aromatic heterocycles. The molecule has 0 aliphatic carbocycles. The Labute approximate surface area is 110 Å². The van der Waals surface area contributed by atoms with Gasteiger partial charge in [-0.1, -0.05) is 6.92 Å². The number of carbonyl (C=O) groups is 3. The first-order chi connectivity index (χ1) is 9.08. The summed E-state index contributed by atoms with van der Waals surface area (Å²) in [5, 5.41) is 0. The van der Waals surface area contributed by atoms with Gasteiger partial charge in [0.2, 0.25) is 11.8 Å². The van der Waals surface area contributed by atoms with Gasteiger partial charge in [0.25, 0.3) is 0 Å². The van der Waals surface area contributed by atoms with Crippen LogP contribution in [0.4, 0.5) is 4.79 Å². The molecule has 0 aromatic carbocycles. The molecule has 1 atom stereocenters. The fraction of sp³-hybridized carbons (Fsp3) is 0.462. The summed E-state index contributed by atoms with van der Waals surface area (Å²) < 4.78 is 6.19. The van der Waals surface area contributed by atoms with Gasteiger partial charge in [0.15, 0.2) is 0 Å². The lowest BCUT2D eigenvalue weighted by Gasteiger charge is -2.14. The van der Waals surface area contributed by atoms with Crippen LogP contribution in [0.2, 0.25) is 0 Å². The van der Waals surface area contributed by atoms with Crippen molar-refractivity contribution in [2.45, 2.75) is 19.8 Å². The van der Waals surface area contributed by atoms with Gasteiger partial charge in [-0.2, -0.15) is 0 Å². The fourth-order valence-electron chi connectivity index (χ4n) is 2.00. The lowest BCUT2D eigenvalue weighted by atomic mass is 10.0. The summed E-state index contributed by atoms with van der Waals surface area (Å²) in [4.78, 5) is 36.0. The average molecular weight is 264 g/mol. The third kappa shape index (κ3) is 3.21. The number of aromatic nitrogens is 1. The second-order valence-electron chi connectivity index (χ2n) is 4.66. The van der Waals surface area contributed by atoms with Gasteiger partial charge in [0.05, 0.1) is 6.54 Å². The molecule has 1 aliphatic heterocycles. The molecule has 2 rings (SSSR count). The van der Waals surface area contributed by atoms with Gasteiger partial charge in [-0.3, -0.25) is 14.2 Å². The minimum atomic E-state index is -0.589. The Balaban J connectivity index is 1.84. The molecule has 2 amide bonds. The van der Waals surface area contributed by atoms with Crippen molar-refractivity contribution >= 4 is 17.9 Å². The van der Waals surface area contributed by atoms with Crippen LogP contribution in [0.5, 0.6) is 0 Å². The largest absolute Gasteiger partial charge is 0.447 e. The summed E-state index contributed by atoms with van der Waals surface area (Å²) in [5.74, 6) is -0.458. The first-order valence-corrected chi connectivity index (χ1v) is 6.21. The molecule has 2 heterocycles. The Bertz CT molecular complexity index is 481. The van der Waals surface area contributed by atoms with Crippen LogP contribution in [0.25, 0.3) is 0 Å². The second kappa shape index (κ2) is 5.69. The first-order valence-electron chi connectivity index (χ1n) is 6.21. The lowest BCUT2D eigenvalue weighted by Crippen LogP contribution is -2.33. The van der Waals surface area contributed by atoms with Crippen LogP contribution in [-0.4, -0.2) is 40.5 Å². The van der Waals surface area contributed by atoms with E-state index in [1.54, 1.807) is 24.5 Å². The van der Waals surface area contributed by atoms with Gasteiger partial charge in [-0.05, 0) is 18.1 Å². The number of hydrogen-bond acceptors (Lipinski definition) is 4. The summed E-state index contributed by atoms with van der Waals surface area (Å²) in [6, 6.07) is 3.54. The van der Waals surface area contributed by atoms with E-state index in [-0.39, 0.29) is 37.2 Å². The summed E-state index contributed by atoms with van der Waals surface area (Å²) >= 11 is 0. The second-order valence-corrected chi connectivity index (χ2v) is 4.66. The van der Waals surface area contributed by atoms with Crippen LogP contribution < -0.4 is 0 Å². The maximum absolute atomic E-state index is 11.8. The summed E-state index contributed by atoms with van der Waals surface area (Å²) in [6.45, 7) is 2.37. The molecule has 0 spiro atoms. The molecular formula is C13H16N2O4. The first kappa shape index (κ1) is 13.3. The van der Waals surface area contributed by atoms with E-state index >= 15 is 0 Å². The molecule has 0 N–H and O–H groups in total. The third-order valence-electron chi connectivity index (χ3n) is 3.00. The number of hydrogen-bond donors (Lipinski definition) is 0. The highest BCUT2D eigenvalue weighted by Gasteiger charge is 2.29. The normalized spacial score (nSPS) is 16.3. The van der Waals surface area contributed by atoms with E-state index in [1.165, 1.54) is 4.57 Å². The van der Waals surface area contributed by atoms with Crippen molar-refractivity contribution in [2.24, 2.45) is 5.92 Å². The smallest absolute Gasteiger partial charge is 0.416 e. The Morgan fingerprint density at radius 3 is 2.47 bits per heavy atom. The molecule has 0 unspecified atom stereocenters. The van der Waals surface area contributed by atoms with Crippen LogP contribution in [0, 0.1) is 5.92 Å². The van der Waals surface area contributed by atoms with Crippen LogP contribution in [0.15, 0.2) is 24.5 Å². The third-order valence-corrected chi connectivity index (χ3v) is 3.00. The maximum atomic E-state index is 11.8. The van der Waals surface area contributed by atoms with Crippen LogP contribution >= 0.6 is 0 Å². The zero-order valence-electron chi connectivity index (χ0n) is 10.7. The molecule has 19 heavy (non-hydrogen) atoms. The van der Waals surface area contributed by atoms with Gasteiger partial charge in [0, 0.05) is 25.2 Å². The monoisotopic (exact) mass is 264 g/mol. The predicted octanol–water partition coefficient (Wildman–Crippen LogP) is 1.52. The number of nitrogens with zero attached hydrogens (tertiary/aromatic N) is 2. The molecule has 102 valence electrons. The zero-order valence-corrected chi connectivity index (χ0v) is 10.7. The van der Waals surface area contributed by atoms with Crippen LogP contribution in [-0.2, 0) is 9.53 Å². The fourth-order valence-corrected chi connectivity index (χ4v) is 2.00. The summed E-state index contributed by atoms with van der Waals surface area (Å²) in [5.41, 5.74) is 0. The van der Waals surface area contributed by atoms with Gasteiger partial charge in [-0.15, -0.1) is 0 Å². The number of ether oxygens (including phenoxy) is 1. The molecule has 6 heteroatoms. The van der Waals surface area contributed by atoms with Crippen molar-refractivity contribution < 1.29 is 19.1 Å². The number of cyclic esters (lactones) is 1. The molecule has 1 fully saturated rings. The Morgan fingerprint density at radius 2 is 1.89 bits per heavy atom. The van der Waals surface area contributed by atoms with Gasteiger partial charge in [0.1, 0.15) is 6.61 Å². The Morgan fingerprint density at radius 1 is 1.26 bits per heavy atom. The Hall–Kier alpha value is -2.11. The minimum absolute atomic E-state index is 0.0608. The maximum Gasteiger partial charge on any atom is 0.416 e. The minimum Gasteiger partial charge on any atom is -0.447 e. The van der Waals surface area contributed by atoms with Crippen LogP contribution in [0.3, 0.4) is 0 Å². The van der Waals surface area contributed by atoms with Gasteiger partial charge < -0.3 is 4.74 Å². The van der Waals surface area contributed by atoms with E-state index in [4.69, 9.17) is 4.74 Å². The molecule has 1 aromatic rings. The number of rotatable bonds is 4. The molecular weight excluding hydrogens is 248 g/mol. The molecule has 1 aliphatic rings. The molecule has 0 bridgehead atoms. The van der Waals surface area contributed by atoms with E-state index < -0.39 is 6.09 Å². The van der Waals surface area contributed by atoms with Crippen molar-refractivity contribution in [3.8, 4) is 0 Å². The standard InChI is InChI=1S/C13H16N2O4/c1-10(8-11(16)14-4-2-3-5-14)9-12(17)15-6-7-19-13(15)18/h2-5,10H,6-9H2,1H3/t10-/m1/s1. The highest BCUT2D eigenvalue weighted by Crippen LogP contribution is 2.14. The molecule has 1 saturated heterocycles. The van der Waals surface area contributed by atoms with E-state index in [0.29, 0.717) is 6.54 Å². The van der Waals surface area contributed by atoms with E-state index in [2.05, 4.69) is 0 Å². The molecule has 6 nitrogen and oxygen atoms in total. The number of carbonyl (C=O) groups excluding carboxylic acids is 3. The van der Waals surface area contributed by atoms with Crippen molar-refractivity contribution in [1.29, 1.82) is 0 Å². The van der Waals surface area contributed by atoms with E-state index in [9.17, 15) is 14.4 Å². The average Bonchev–Trinajstić information content (AvgIpc) is 2.98. The lowest BCUT2D eigenvalue weighted by molar-refractivity contribution is -0.128. The molecule has 0 radical (unpaired) electrons. The Kier molecular flexibility index (Phi) is 3.99. The van der Waals surface area contributed by atoms with E-state index in [0.717, 1.165) is 4.90 Å². The number of imide groups is 1.